The van der Waals surface area contributed by atoms with Crippen molar-refractivity contribution in [2.45, 2.75) is 72.1 Å². The van der Waals surface area contributed by atoms with Crippen molar-refractivity contribution in [3.8, 4) is 5.75 Å². The van der Waals surface area contributed by atoms with Gasteiger partial charge in [0.2, 0.25) is 0 Å². The number of aryl methyl sites for hydroxylation is 4. The molecule has 1 unspecified atom stereocenters. The number of ether oxygens (including phenoxy) is 2. The van der Waals surface area contributed by atoms with Crippen LogP contribution in [-0.4, -0.2) is 43.7 Å². The van der Waals surface area contributed by atoms with Gasteiger partial charge in [0.05, 0.1) is 32.5 Å². The van der Waals surface area contributed by atoms with Crippen molar-refractivity contribution >= 4 is 19.5 Å². The van der Waals surface area contributed by atoms with Gasteiger partial charge in [-0.3, -0.25) is 14.1 Å². The molecule has 238 valence electrons. The fourth-order valence-corrected chi connectivity index (χ4v) is 6.14. The third-order valence-electron chi connectivity index (χ3n) is 7.10. The molecule has 0 spiro atoms. The minimum Gasteiger partial charge on any atom is -0.468 e. The molecule has 0 fully saturated rings. The van der Waals surface area contributed by atoms with Gasteiger partial charge in [-0.25, -0.2) is 4.57 Å². The molecule has 0 aliphatic heterocycles. The topological polar surface area (TPSA) is 126 Å². The Labute approximate surface area is 261 Å². The molecule has 0 bridgehead atoms. The number of rotatable bonds is 17. The Morgan fingerprint density at radius 3 is 2.32 bits per heavy atom. The van der Waals surface area contributed by atoms with Crippen LogP contribution in [0.2, 0.25) is 0 Å². The average molecular weight is 625 g/mol. The zero-order valence-corrected chi connectivity index (χ0v) is 27.4. The van der Waals surface area contributed by atoms with Gasteiger partial charge >= 0.3 is 13.7 Å². The summed E-state index contributed by atoms with van der Waals surface area (Å²) in [7, 11) is -2.79. The lowest BCUT2D eigenvalue weighted by Gasteiger charge is -2.28. The van der Waals surface area contributed by atoms with Crippen LogP contribution in [0, 0.1) is 20.8 Å². The second-order valence-electron chi connectivity index (χ2n) is 11.6. The van der Waals surface area contributed by atoms with Crippen molar-refractivity contribution in [1.29, 1.82) is 0 Å². The van der Waals surface area contributed by atoms with E-state index in [0.29, 0.717) is 12.2 Å². The van der Waals surface area contributed by atoms with Crippen molar-refractivity contribution < 1.29 is 32.7 Å². The highest BCUT2D eigenvalue weighted by atomic mass is 31.2. The Bertz CT molecular complexity index is 1440. The number of carbonyl (C=O) groups is 2. The number of methoxy groups -OCH3 is 1. The number of nitrogens with two attached hydrogens (primary N) is 1. The highest BCUT2D eigenvalue weighted by molar-refractivity contribution is 7.52. The van der Waals surface area contributed by atoms with E-state index in [0.717, 1.165) is 35.1 Å². The Kier molecular flexibility index (Phi) is 12.9. The van der Waals surface area contributed by atoms with Crippen molar-refractivity contribution in [3.63, 3.8) is 0 Å². The quantitative estimate of drug-likeness (QED) is 0.0996. The summed E-state index contributed by atoms with van der Waals surface area (Å²) in [6.07, 6.45) is 2.15. The summed E-state index contributed by atoms with van der Waals surface area (Å²) in [6, 6.07) is 19.9. The van der Waals surface area contributed by atoms with E-state index in [1.807, 2.05) is 26.0 Å². The molecule has 0 radical (unpaired) electrons. The monoisotopic (exact) mass is 624 g/mol. The number of ketones is 1. The van der Waals surface area contributed by atoms with E-state index in [4.69, 9.17) is 24.3 Å². The van der Waals surface area contributed by atoms with E-state index < -0.39 is 25.3 Å². The van der Waals surface area contributed by atoms with Crippen LogP contribution >= 0.6 is 7.75 Å². The lowest BCUT2D eigenvalue weighted by atomic mass is 9.95. The average Bonchev–Trinajstić information content (AvgIpc) is 2.98. The third kappa shape index (κ3) is 11.0. The molecule has 3 aromatic rings. The van der Waals surface area contributed by atoms with Crippen molar-refractivity contribution in [3.05, 3.63) is 100 Å². The number of hydrogen-bond donors (Lipinski definition) is 2. The van der Waals surface area contributed by atoms with Crippen LogP contribution in [0.1, 0.15) is 64.9 Å². The first-order valence-electron chi connectivity index (χ1n) is 14.7. The predicted octanol–water partition coefficient (Wildman–Crippen LogP) is 6.41. The lowest BCUT2D eigenvalue weighted by molar-refractivity contribution is -0.142. The molecule has 0 heterocycles. The molecule has 3 rings (SSSR count). The van der Waals surface area contributed by atoms with Gasteiger partial charge in [0.25, 0.3) is 0 Å². The van der Waals surface area contributed by atoms with Crippen molar-refractivity contribution in [2.24, 2.45) is 5.73 Å². The van der Waals surface area contributed by atoms with E-state index in [9.17, 15) is 14.2 Å². The molecule has 0 aliphatic rings. The number of hydrogen-bond acceptors (Lipinski definition) is 8. The molecule has 0 aliphatic carbocycles. The fraction of sp³-hybridized carbons (Fsp3) is 0.412. The van der Waals surface area contributed by atoms with Crippen LogP contribution in [0.25, 0.3) is 0 Å². The van der Waals surface area contributed by atoms with Crippen LogP contribution < -0.4 is 15.3 Å². The van der Waals surface area contributed by atoms with Gasteiger partial charge in [-0.15, -0.1) is 0 Å². The van der Waals surface area contributed by atoms with Crippen LogP contribution in [0.3, 0.4) is 0 Å². The molecular formula is C34H45N2O7P. The van der Waals surface area contributed by atoms with Crippen LogP contribution in [0.5, 0.6) is 5.75 Å². The normalized spacial score (nSPS) is 14.7. The van der Waals surface area contributed by atoms with Crippen molar-refractivity contribution in [2.75, 3.05) is 20.3 Å². The highest BCUT2D eigenvalue weighted by Gasteiger charge is 2.34. The zero-order chi connectivity index (χ0) is 32.3. The minimum absolute atomic E-state index is 0.0864. The molecule has 9 nitrogen and oxygen atoms in total. The summed E-state index contributed by atoms with van der Waals surface area (Å²) >= 11 is 0. The van der Waals surface area contributed by atoms with E-state index in [1.165, 1.54) is 25.2 Å². The van der Waals surface area contributed by atoms with Crippen LogP contribution in [0.4, 0.5) is 0 Å². The Morgan fingerprint density at radius 2 is 1.66 bits per heavy atom. The number of carbonyl (C=O) groups excluding carboxylic acids is 2. The summed E-state index contributed by atoms with van der Waals surface area (Å²) in [6.45, 7) is 9.33. The first-order valence-corrected chi connectivity index (χ1v) is 16.3. The van der Waals surface area contributed by atoms with Gasteiger partial charge in [0.1, 0.15) is 11.8 Å². The summed E-state index contributed by atoms with van der Waals surface area (Å²) in [5.41, 5.74) is 11.4. The number of Topliss-reactive ketones (excluding diaryl/α,β-unsaturated/α-hetero) is 1. The molecule has 3 atom stereocenters. The fourth-order valence-electron chi connectivity index (χ4n) is 4.52. The van der Waals surface area contributed by atoms with Gasteiger partial charge in [-0.05, 0) is 87.9 Å². The maximum atomic E-state index is 13.6. The Morgan fingerprint density at radius 1 is 0.977 bits per heavy atom. The van der Waals surface area contributed by atoms with Gasteiger partial charge in [-0.1, -0.05) is 54.1 Å². The molecule has 0 saturated heterocycles. The summed E-state index contributed by atoms with van der Waals surface area (Å²) < 4.78 is 35.6. The lowest BCUT2D eigenvalue weighted by Crippen LogP contribution is -2.46. The van der Waals surface area contributed by atoms with Gasteiger partial charge in [-0.2, -0.15) is 5.09 Å². The number of benzene rings is 3. The largest absolute Gasteiger partial charge is 0.468 e. The smallest absolute Gasteiger partial charge is 0.459 e. The summed E-state index contributed by atoms with van der Waals surface area (Å²) in [5, 5.41) is 2.61. The molecule has 3 N–H and O–H groups in total. The van der Waals surface area contributed by atoms with Crippen LogP contribution in [0.15, 0.2) is 66.7 Å². The van der Waals surface area contributed by atoms with Gasteiger partial charge in [0, 0.05) is 12.0 Å². The van der Waals surface area contributed by atoms with E-state index in [-0.39, 0.29) is 25.6 Å². The van der Waals surface area contributed by atoms with Crippen molar-refractivity contribution in [1.82, 2.24) is 5.09 Å². The molecule has 44 heavy (non-hydrogen) atoms. The second-order valence-corrected chi connectivity index (χ2v) is 13.2. The predicted molar refractivity (Wildman–Crippen MR) is 172 cm³/mol. The molecule has 3 aromatic carbocycles. The third-order valence-corrected chi connectivity index (χ3v) is 8.73. The van der Waals surface area contributed by atoms with Crippen LogP contribution in [-0.2, 0) is 36.4 Å². The minimum atomic E-state index is -4.03. The van der Waals surface area contributed by atoms with Gasteiger partial charge in [0.15, 0.2) is 5.78 Å². The summed E-state index contributed by atoms with van der Waals surface area (Å²) in [4.78, 5) is 24.9. The maximum absolute atomic E-state index is 13.6. The molecule has 0 amide bonds. The Balaban J connectivity index is 1.55. The Hall–Kier alpha value is -3.33. The molecule has 10 heteroatoms. The summed E-state index contributed by atoms with van der Waals surface area (Å²) in [5.74, 6) is -0.187. The second kappa shape index (κ2) is 16.1. The van der Waals surface area contributed by atoms with E-state index >= 15 is 0 Å². The van der Waals surface area contributed by atoms with E-state index in [1.54, 1.807) is 37.3 Å². The number of para-hydroxylation sites is 1. The first-order chi connectivity index (χ1) is 20.8. The van der Waals surface area contributed by atoms with E-state index in [2.05, 4.69) is 36.3 Å². The number of nitrogens with one attached hydrogen (secondary N) is 1. The first kappa shape index (κ1) is 35.2. The molecular weight excluding hydrogens is 579 g/mol. The van der Waals surface area contributed by atoms with Gasteiger partial charge < -0.3 is 19.7 Å². The molecule has 0 aromatic heterocycles. The number of esters is 1. The maximum Gasteiger partial charge on any atom is 0.459 e. The standard InChI is InChI=1S/C34H45N2O7P/c1-24-15-17-28(18-16-24)11-10-14-32(37)31-20-25(2)29(19-26(31)3)21-41-22-34(5,35)23-42-44(39,36-27(4)33(38)40-6)43-30-12-8-7-9-13-30/h7-9,12-13,15-20,27H,10-11,14,21-23,35H2,1-6H3,(H,36,39)/t27-,34+,44?/m0/s1. The SMILES string of the molecule is COC(=O)[C@H](C)NP(=O)(OC[C@](C)(N)COCc1cc(C)c(C(=O)CCCc2ccc(C)cc2)cc1C)Oc1ccccc1. The molecule has 0 saturated carbocycles. The highest BCUT2D eigenvalue weighted by Crippen LogP contribution is 2.45. The zero-order valence-electron chi connectivity index (χ0n) is 26.6.